The van der Waals surface area contributed by atoms with Crippen LogP contribution >= 0.6 is 0 Å². The Morgan fingerprint density at radius 1 is 1.10 bits per heavy atom. The number of aliphatic hydroxyl groups excluding tert-OH is 1. The number of hydrogen-bond acceptors (Lipinski definition) is 7. The highest BCUT2D eigenvalue weighted by Gasteiger charge is 2.71. The third kappa shape index (κ3) is 5.91. The molecule has 16 heteroatoms. The molecule has 3 heterocycles. The predicted octanol–water partition coefficient (Wildman–Crippen LogP) is 2.98. The van der Waals surface area contributed by atoms with Gasteiger partial charge in [0.1, 0.15) is 5.69 Å². The lowest BCUT2D eigenvalue weighted by Crippen LogP contribution is -2.49. The minimum atomic E-state index is -4.36. The van der Waals surface area contributed by atoms with Crippen LogP contribution in [0.5, 0.6) is 0 Å². The number of carbonyl (C=O) groups is 1. The van der Waals surface area contributed by atoms with Gasteiger partial charge in [0, 0.05) is 45.2 Å². The Labute approximate surface area is 238 Å². The summed E-state index contributed by atoms with van der Waals surface area (Å²) >= 11 is 0. The number of sulfonamides is 1. The Hall–Kier alpha value is -3.40. The van der Waals surface area contributed by atoms with Gasteiger partial charge in [-0.3, -0.25) is 14.3 Å². The molecule has 3 fully saturated rings. The molecule has 1 aromatic heterocycles. The molecule has 5 rings (SSSR count). The van der Waals surface area contributed by atoms with E-state index in [1.807, 2.05) is 0 Å². The maximum Gasteiger partial charge on any atom is 0.394 e. The molecule has 1 amide bonds. The Morgan fingerprint density at radius 3 is 2.45 bits per heavy atom. The minimum absolute atomic E-state index is 0.00678. The van der Waals surface area contributed by atoms with Crippen molar-refractivity contribution in [3.63, 3.8) is 0 Å². The molecular weight excluding hydrogens is 589 g/mol. The van der Waals surface area contributed by atoms with E-state index in [2.05, 4.69) is 10.0 Å². The molecule has 230 valence electrons. The van der Waals surface area contributed by atoms with E-state index in [0.29, 0.717) is 0 Å². The van der Waals surface area contributed by atoms with Crippen LogP contribution in [0.2, 0.25) is 0 Å². The number of aromatic nitrogens is 1. The summed E-state index contributed by atoms with van der Waals surface area (Å²) < 4.78 is 96.1. The molecule has 1 aromatic carbocycles. The topological polar surface area (TPSA) is 124 Å². The summed E-state index contributed by atoms with van der Waals surface area (Å²) in [6.07, 6.45) is -4.05. The van der Waals surface area contributed by atoms with Crippen molar-refractivity contribution in [2.24, 2.45) is 11.3 Å². The second-order valence-electron chi connectivity index (χ2n) is 11.0. The predicted molar refractivity (Wildman–Crippen MR) is 145 cm³/mol. The van der Waals surface area contributed by atoms with Crippen molar-refractivity contribution in [3.8, 4) is 0 Å². The highest BCUT2D eigenvalue weighted by atomic mass is 32.2. The lowest BCUT2D eigenvalue weighted by atomic mass is 9.93. The van der Waals surface area contributed by atoms with Crippen molar-refractivity contribution < 1.29 is 40.3 Å². The van der Waals surface area contributed by atoms with Gasteiger partial charge in [-0.2, -0.15) is 13.2 Å². The number of anilines is 3. The van der Waals surface area contributed by atoms with Crippen LogP contribution in [-0.2, 0) is 10.0 Å². The first kappa shape index (κ1) is 30.1. The number of pyridine rings is 1. The Bertz CT molecular complexity index is 1520. The number of benzene rings is 1. The largest absolute Gasteiger partial charge is 0.395 e. The normalized spacial score (nSPS) is 23.7. The molecule has 0 bridgehead atoms. The molecule has 1 aliphatic carbocycles. The maximum absolute atomic E-state index is 13.7. The van der Waals surface area contributed by atoms with E-state index in [0.717, 1.165) is 4.68 Å². The lowest BCUT2D eigenvalue weighted by Gasteiger charge is -2.35. The molecule has 0 unspecified atom stereocenters. The SMILES string of the molecule is O=C(Nc1cccn(N2CCC(F)(F)CC2)c1=O)c1ccc(NS(=O)(=O)CCO)cc1N1CC[C@@]2(C(F)(F)F)C[C@H]2C1. The van der Waals surface area contributed by atoms with Crippen LogP contribution in [0.3, 0.4) is 0 Å². The monoisotopic (exact) mass is 619 g/mol. The summed E-state index contributed by atoms with van der Waals surface area (Å²) in [6.45, 7) is -0.828. The zero-order valence-corrected chi connectivity index (χ0v) is 23.1. The van der Waals surface area contributed by atoms with Crippen LogP contribution in [0.1, 0.15) is 36.0 Å². The van der Waals surface area contributed by atoms with E-state index >= 15 is 0 Å². The molecule has 2 atom stereocenters. The molecule has 0 spiro atoms. The zero-order valence-electron chi connectivity index (χ0n) is 22.3. The fraction of sp³-hybridized carbons (Fsp3) is 0.538. The zero-order chi connectivity index (χ0) is 30.5. The van der Waals surface area contributed by atoms with Crippen molar-refractivity contribution in [2.75, 3.05) is 58.5 Å². The van der Waals surface area contributed by atoms with Crippen molar-refractivity contribution >= 4 is 33.0 Å². The molecule has 2 saturated heterocycles. The van der Waals surface area contributed by atoms with E-state index in [9.17, 15) is 40.0 Å². The number of fused-ring (bicyclic) bond motifs is 1. The standard InChI is InChI=1S/C26H30F5N5O5S/c27-25(28)6-10-35(11-7-25)36-8-1-2-20(23(36)39)32-22(38)19-4-3-18(33-42(40,41)13-12-37)14-21(19)34-9-5-24(26(29,30)31)15-17(24)16-34/h1-4,8,14,17,33,37H,5-7,9-13,15-16H2,(H,32,38)/t17-,24+/m0/s1. The molecular formula is C26H30F5N5O5S. The fourth-order valence-electron chi connectivity index (χ4n) is 5.75. The van der Waals surface area contributed by atoms with Gasteiger partial charge in [0.15, 0.2) is 0 Å². The summed E-state index contributed by atoms with van der Waals surface area (Å²) in [5, 5.41) is 13.0. The van der Waals surface area contributed by atoms with Crippen molar-refractivity contribution in [2.45, 2.75) is 37.8 Å². The number of aliphatic hydroxyl groups is 1. The van der Waals surface area contributed by atoms with Gasteiger partial charge < -0.3 is 20.3 Å². The van der Waals surface area contributed by atoms with E-state index in [1.54, 1.807) is 4.90 Å². The van der Waals surface area contributed by atoms with Crippen LogP contribution in [0.25, 0.3) is 0 Å². The van der Waals surface area contributed by atoms with Gasteiger partial charge in [0.05, 0.1) is 34.7 Å². The van der Waals surface area contributed by atoms with Gasteiger partial charge in [0.2, 0.25) is 10.0 Å². The highest BCUT2D eigenvalue weighted by molar-refractivity contribution is 7.92. The summed E-state index contributed by atoms with van der Waals surface area (Å²) in [5.74, 6) is -4.86. The fourth-order valence-corrected chi connectivity index (χ4v) is 6.58. The first-order chi connectivity index (χ1) is 19.6. The van der Waals surface area contributed by atoms with Gasteiger partial charge >= 0.3 is 6.18 Å². The number of hydrogen-bond donors (Lipinski definition) is 3. The number of alkyl halides is 5. The average molecular weight is 620 g/mol. The molecule has 1 saturated carbocycles. The van der Waals surface area contributed by atoms with Crippen LogP contribution in [0.15, 0.2) is 41.3 Å². The van der Waals surface area contributed by atoms with Gasteiger partial charge in [0.25, 0.3) is 17.4 Å². The third-order valence-corrected chi connectivity index (χ3v) is 9.50. The summed E-state index contributed by atoms with van der Waals surface area (Å²) in [6, 6.07) is 6.75. The summed E-state index contributed by atoms with van der Waals surface area (Å²) in [5.41, 5.74) is -2.35. The summed E-state index contributed by atoms with van der Waals surface area (Å²) in [4.78, 5) is 28.2. The third-order valence-electron chi connectivity index (χ3n) is 8.23. The quantitative estimate of drug-likeness (QED) is 0.389. The number of piperidine rings is 2. The van der Waals surface area contributed by atoms with E-state index in [4.69, 9.17) is 5.11 Å². The molecule has 3 N–H and O–H groups in total. The Kier molecular flexibility index (Phi) is 7.66. The van der Waals surface area contributed by atoms with Crippen molar-refractivity contribution in [1.82, 2.24) is 4.68 Å². The van der Waals surface area contributed by atoms with Gasteiger partial charge in [-0.1, -0.05) is 0 Å². The average Bonchev–Trinajstić information content (AvgIpc) is 3.66. The maximum atomic E-state index is 13.7. The van der Waals surface area contributed by atoms with Crippen molar-refractivity contribution in [1.29, 1.82) is 0 Å². The number of nitrogens with zero attached hydrogens (tertiary/aromatic N) is 3. The van der Waals surface area contributed by atoms with Crippen LogP contribution in [0.4, 0.5) is 39.0 Å². The van der Waals surface area contributed by atoms with Gasteiger partial charge in [-0.15, -0.1) is 0 Å². The molecule has 2 aromatic rings. The van der Waals surface area contributed by atoms with Gasteiger partial charge in [-0.05, 0) is 49.1 Å². The lowest BCUT2D eigenvalue weighted by molar-refractivity contribution is -0.195. The molecule has 2 aliphatic heterocycles. The second kappa shape index (κ2) is 10.7. The van der Waals surface area contributed by atoms with Crippen LogP contribution < -0.4 is 25.5 Å². The number of rotatable bonds is 8. The number of nitrogens with one attached hydrogen (secondary N) is 2. The molecule has 3 aliphatic rings. The number of halogens is 5. The first-order valence-corrected chi connectivity index (χ1v) is 15.0. The van der Waals surface area contributed by atoms with Crippen molar-refractivity contribution in [3.05, 3.63) is 52.4 Å². The van der Waals surface area contributed by atoms with Crippen LogP contribution in [0, 0.1) is 11.3 Å². The first-order valence-electron chi connectivity index (χ1n) is 13.4. The van der Waals surface area contributed by atoms with Crippen LogP contribution in [-0.4, -0.2) is 74.7 Å². The second-order valence-corrected chi connectivity index (χ2v) is 12.8. The number of amides is 1. The minimum Gasteiger partial charge on any atom is -0.395 e. The van der Waals surface area contributed by atoms with E-state index < -0.39 is 70.1 Å². The molecule has 10 nitrogen and oxygen atoms in total. The Morgan fingerprint density at radius 2 is 1.81 bits per heavy atom. The highest BCUT2D eigenvalue weighted by Crippen LogP contribution is 2.66. The van der Waals surface area contributed by atoms with E-state index in [1.165, 1.54) is 41.5 Å². The molecule has 0 radical (unpaired) electrons. The number of carbonyl (C=O) groups excluding carboxylic acids is 1. The molecule has 42 heavy (non-hydrogen) atoms. The summed E-state index contributed by atoms with van der Waals surface area (Å²) in [7, 11) is -3.94. The Balaban J connectivity index is 1.42. The van der Waals surface area contributed by atoms with E-state index in [-0.39, 0.29) is 61.6 Å². The van der Waals surface area contributed by atoms with Gasteiger partial charge in [-0.25, -0.2) is 21.9 Å². The smallest absolute Gasteiger partial charge is 0.394 e.